The first-order valence-electron chi connectivity index (χ1n) is 11.1. The molecule has 31 heavy (non-hydrogen) atoms. The van der Waals surface area contributed by atoms with Crippen LogP contribution < -0.4 is 20.1 Å². The number of methoxy groups -OCH3 is 1. The van der Waals surface area contributed by atoms with E-state index >= 15 is 0 Å². The van der Waals surface area contributed by atoms with E-state index in [4.69, 9.17) is 14.5 Å². The van der Waals surface area contributed by atoms with Crippen molar-refractivity contribution in [2.24, 2.45) is 0 Å². The van der Waals surface area contributed by atoms with Gasteiger partial charge in [0.15, 0.2) is 0 Å². The van der Waals surface area contributed by atoms with E-state index < -0.39 is 0 Å². The summed E-state index contributed by atoms with van der Waals surface area (Å²) in [6, 6.07) is 6.40. The molecule has 2 saturated heterocycles. The third-order valence-corrected chi connectivity index (χ3v) is 6.13. The summed E-state index contributed by atoms with van der Waals surface area (Å²) < 4.78 is 24.7. The van der Waals surface area contributed by atoms with Gasteiger partial charge in [0, 0.05) is 37.8 Å². The molecule has 4 rings (SSSR count). The average molecular weight is 431 g/mol. The molecule has 2 aromatic rings. The molecule has 0 radical (unpaired) electrons. The van der Waals surface area contributed by atoms with E-state index in [1.165, 1.54) is 12.1 Å². The number of rotatable bonds is 5. The maximum atomic E-state index is 13.7. The minimum absolute atomic E-state index is 0.107. The van der Waals surface area contributed by atoms with Crippen molar-refractivity contribution >= 4 is 11.8 Å². The number of hydrogen-bond donors (Lipinski definition) is 1. The number of hydrogen-bond acceptors (Lipinski definition) is 6. The van der Waals surface area contributed by atoms with Gasteiger partial charge in [-0.3, -0.25) is 9.78 Å². The first-order chi connectivity index (χ1) is 15.0. The first kappa shape index (κ1) is 21.6. The molecule has 1 aromatic heterocycles. The van der Waals surface area contributed by atoms with Crippen molar-refractivity contribution in [1.82, 2.24) is 9.97 Å². The number of anilines is 2. The molecule has 2 atom stereocenters. The number of ether oxygens (including phenoxy) is 2. The van der Waals surface area contributed by atoms with Gasteiger partial charge in [0.1, 0.15) is 17.4 Å². The van der Waals surface area contributed by atoms with Crippen LogP contribution in [0.15, 0.2) is 29.1 Å². The van der Waals surface area contributed by atoms with Crippen molar-refractivity contribution in [2.45, 2.75) is 51.2 Å². The topological polar surface area (TPSA) is 70.7 Å². The number of morpholine rings is 1. The Morgan fingerprint density at radius 3 is 2.94 bits per heavy atom. The monoisotopic (exact) mass is 430 g/mol. The number of H-pyrrole nitrogens is 1. The fourth-order valence-corrected chi connectivity index (χ4v) is 4.57. The summed E-state index contributed by atoms with van der Waals surface area (Å²) >= 11 is 0. The summed E-state index contributed by atoms with van der Waals surface area (Å²) in [6.07, 6.45) is 5.07. The molecule has 8 heteroatoms. The molecule has 0 aliphatic carbocycles. The number of nitrogens with one attached hydrogen (secondary N) is 1. The van der Waals surface area contributed by atoms with Crippen LogP contribution in [-0.2, 0) is 11.2 Å². The summed E-state index contributed by atoms with van der Waals surface area (Å²) in [4.78, 5) is 24.7. The largest absolute Gasteiger partial charge is 0.496 e. The van der Waals surface area contributed by atoms with Gasteiger partial charge >= 0.3 is 0 Å². The van der Waals surface area contributed by atoms with Crippen LogP contribution in [0.5, 0.6) is 5.75 Å². The van der Waals surface area contributed by atoms with Crippen molar-refractivity contribution in [2.75, 3.05) is 43.2 Å². The lowest BCUT2D eigenvalue weighted by Crippen LogP contribution is -2.43. The van der Waals surface area contributed by atoms with Gasteiger partial charge in [0.25, 0.3) is 5.56 Å². The third kappa shape index (κ3) is 5.18. The quantitative estimate of drug-likeness (QED) is 0.786. The fraction of sp³-hybridized carbons (Fsp3) is 0.565. The lowest BCUT2D eigenvalue weighted by Gasteiger charge is -2.34. The molecule has 0 spiro atoms. The second-order valence-corrected chi connectivity index (χ2v) is 8.41. The third-order valence-electron chi connectivity index (χ3n) is 6.13. The molecule has 0 amide bonds. The SMILES string of the molecule is COc1cc(F)ccc1C[C@@H]1CCCCCN1c1nc(N2CCO[C@H](C)C2)cc(=O)[nH]1. The summed E-state index contributed by atoms with van der Waals surface area (Å²) in [5, 5.41) is 0. The molecule has 2 aliphatic heterocycles. The van der Waals surface area contributed by atoms with Crippen LogP contribution in [0.25, 0.3) is 0 Å². The molecular weight excluding hydrogens is 399 g/mol. The maximum absolute atomic E-state index is 13.7. The van der Waals surface area contributed by atoms with Crippen LogP contribution in [0.1, 0.15) is 38.2 Å². The van der Waals surface area contributed by atoms with E-state index in [0.29, 0.717) is 37.1 Å². The Hall–Kier alpha value is -2.61. The Morgan fingerprint density at radius 2 is 2.13 bits per heavy atom. The highest BCUT2D eigenvalue weighted by atomic mass is 19.1. The highest BCUT2D eigenvalue weighted by Gasteiger charge is 2.26. The average Bonchev–Trinajstić information content (AvgIpc) is 3.00. The van der Waals surface area contributed by atoms with E-state index in [0.717, 1.165) is 44.3 Å². The molecule has 2 fully saturated rings. The van der Waals surface area contributed by atoms with Crippen molar-refractivity contribution in [3.63, 3.8) is 0 Å². The Balaban J connectivity index is 1.63. The zero-order valence-electron chi connectivity index (χ0n) is 18.3. The van der Waals surface area contributed by atoms with Gasteiger partial charge in [-0.25, -0.2) is 4.39 Å². The molecule has 1 N–H and O–H groups in total. The molecular formula is C23H31FN4O3. The van der Waals surface area contributed by atoms with E-state index in [1.807, 2.05) is 6.92 Å². The van der Waals surface area contributed by atoms with E-state index in [2.05, 4.69) is 14.8 Å². The minimum atomic E-state index is -0.309. The zero-order chi connectivity index (χ0) is 21.8. The molecule has 0 unspecified atom stereocenters. The number of nitrogens with zero attached hydrogens (tertiary/aromatic N) is 3. The predicted octanol–water partition coefficient (Wildman–Crippen LogP) is 3.13. The van der Waals surface area contributed by atoms with E-state index in [-0.39, 0.29) is 23.5 Å². The summed E-state index contributed by atoms with van der Waals surface area (Å²) in [6.45, 7) is 4.91. The van der Waals surface area contributed by atoms with Crippen LogP contribution in [0.3, 0.4) is 0 Å². The van der Waals surface area contributed by atoms with E-state index in [9.17, 15) is 9.18 Å². The summed E-state index contributed by atoms with van der Waals surface area (Å²) in [5.74, 6) is 1.55. The molecule has 1 aromatic carbocycles. The Labute approximate surface area is 182 Å². The lowest BCUT2D eigenvalue weighted by atomic mass is 10.00. The normalized spacial score (nSPS) is 22.3. The molecule has 0 saturated carbocycles. The van der Waals surface area contributed by atoms with Crippen LogP contribution in [0.2, 0.25) is 0 Å². The Kier molecular flexibility index (Phi) is 6.75. The second-order valence-electron chi connectivity index (χ2n) is 8.41. The minimum Gasteiger partial charge on any atom is -0.496 e. The van der Waals surface area contributed by atoms with Crippen LogP contribution in [0.4, 0.5) is 16.2 Å². The van der Waals surface area contributed by atoms with Crippen LogP contribution in [-0.4, -0.2) is 55.5 Å². The van der Waals surface area contributed by atoms with Gasteiger partial charge in [-0.2, -0.15) is 4.98 Å². The summed E-state index contributed by atoms with van der Waals surface area (Å²) in [5.41, 5.74) is 0.808. The summed E-state index contributed by atoms with van der Waals surface area (Å²) in [7, 11) is 1.56. The van der Waals surface area contributed by atoms with Gasteiger partial charge < -0.3 is 19.3 Å². The lowest BCUT2D eigenvalue weighted by molar-refractivity contribution is 0.0529. The van der Waals surface area contributed by atoms with Crippen molar-refractivity contribution in [1.29, 1.82) is 0 Å². The highest BCUT2D eigenvalue weighted by molar-refractivity contribution is 5.45. The smallest absolute Gasteiger partial charge is 0.254 e. The number of halogens is 1. The van der Waals surface area contributed by atoms with Crippen LogP contribution >= 0.6 is 0 Å². The van der Waals surface area contributed by atoms with Gasteiger partial charge in [-0.15, -0.1) is 0 Å². The van der Waals surface area contributed by atoms with Gasteiger partial charge in [0.05, 0.1) is 19.8 Å². The Bertz CT molecular complexity index is 951. The van der Waals surface area contributed by atoms with Gasteiger partial charge in [0.2, 0.25) is 5.95 Å². The standard InChI is InChI=1S/C23H31FN4O3/c1-16-15-27(10-11-31-16)21-14-22(29)26-23(25-21)28-9-5-3-4-6-19(28)12-17-7-8-18(24)13-20(17)30-2/h7-8,13-14,16,19H,3-6,9-12,15H2,1-2H3,(H,25,26,29)/t16-,19+/m1/s1. The number of aromatic amines is 1. The number of aromatic nitrogens is 2. The molecule has 0 bridgehead atoms. The highest BCUT2D eigenvalue weighted by Crippen LogP contribution is 2.28. The number of benzene rings is 1. The molecule has 168 valence electrons. The van der Waals surface area contributed by atoms with Gasteiger partial charge in [-0.05, 0) is 37.8 Å². The van der Waals surface area contributed by atoms with Crippen LogP contribution in [0, 0.1) is 5.82 Å². The molecule has 2 aliphatic rings. The van der Waals surface area contributed by atoms with Gasteiger partial charge in [-0.1, -0.05) is 18.9 Å². The molecule has 3 heterocycles. The van der Waals surface area contributed by atoms with Crippen molar-refractivity contribution in [3.8, 4) is 5.75 Å². The fourth-order valence-electron chi connectivity index (χ4n) is 4.57. The van der Waals surface area contributed by atoms with Crippen molar-refractivity contribution in [3.05, 3.63) is 46.0 Å². The predicted molar refractivity (Wildman–Crippen MR) is 119 cm³/mol. The molecule has 7 nitrogen and oxygen atoms in total. The maximum Gasteiger partial charge on any atom is 0.254 e. The second kappa shape index (κ2) is 9.68. The first-order valence-corrected chi connectivity index (χ1v) is 11.1. The zero-order valence-corrected chi connectivity index (χ0v) is 18.3. The Morgan fingerprint density at radius 1 is 1.26 bits per heavy atom. The van der Waals surface area contributed by atoms with E-state index in [1.54, 1.807) is 19.2 Å². The van der Waals surface area contributed by atoms with Crippen molar-refractivity contribution < 1.29 is 13.9 Å².